The van der Waals surface area contributed by atoms with E-state index in [4.69, 9.17) is 4.42 Å². The zero-order chi connectivity index (χ0) is 28.9. The number of anilines is 1. The minimum Gasteiger partial charge on any atom is -0.467 e. The minimum atomic E-state index is -2.09. The number of hydrogen-bond acceptors (Lipinski definition) is 5. The predicted octanol–water partition coefficient (Wildman–Crippen LogP) is 6.81. The molecule has 0 fully saturated rings. The molecule has 0 radical (unpaired) electrons. The van der Waals surface area contributed by atoms with Crippen molar-refractivity contribution >= 4 is 29.0 Å². The van der Waals surface area contributed by atoms with Gasteiger partial charge >= 0.3 is 6.03 Å². The highest BCUT2D eigenvalue weighted by Gasteiger charge is 2.43. The summed E-state index contributed by atoms with van der Waals surface area (Å²) >= 11 is 1.64. The normalized spacial score (nSPS) is 13.5. The average molecular weight is 578 g/mol. The molecule has 2 heterocycles. The highest BCUT2D eigenvalue weighted by Crippen LogP contribution is 2.36. The molecule has 7 nitrogen and oxygen atoms in total. The van der Waals surface area contributed by atoms with Crippen LogP contribution in [-0.4, -0.2) is 22.1 Å². The maximum atomic E-state index is 14.3. The van der Waals surface area contributed by atoms with Gasteiger partial charge in [-0.15, -0.1) is 11.3 Å². The van der Waals surface area contributed by atoms with Crippen molar-refractivity contribution in [2.24, 2.45) is 0 Å². The molecule has 5 aromatic rings. The maximum absolute atomic E-state index is 14.3. The molecule has 6 rings (SSSR count). The number of furan rings is 1. The fraction of sp³-hybridized carbons (Fsp3) is 0.176. The van der Waals surface area contributed by atoms with Gasteiger partial charge in [-0.05, 0) is 60.1 Å². The van der Waals surface area contributed by atoms with Gasteiger partial charge in [0.25, 0.3) is 5.91 Å². The Balaban J connectivity index is 1.43. The quantitative estimate of drug-likeness (QED) is 0.185. The summed E-state index contributed by atoms with van der Waals surface area (Å²) in [6, 6.07) is 28.9. The van der Waals surface area contributed by atoms with E-state index in [9.17, 15) is 14.7 Å². The Labute approximate surface area is 248 Å². The maximum Gasteiger partial charge on any atom is 0.341 e. The first-order valence-corrected chi connectivity index (χ1v) is 14.9. The number of aryl methyl sites for hydroxylation is 1. The lowest BCUT2D eigenvalue weighted by molar-refractivity contribution is -0.141. The summed E-state index contributed by atoms with van der Waals surface area (Å²) in [4.78, 5) is 29.8. The van der Waals surface area contributed by atoms with E-state index in [0.29, 0.717) is 16.9 Å². The minimum absolute atomic E-state index is 0.371. The Morgan fingerprint density at radius 1 is 0.833 bits per heavy atom. The van der Waals surface area contributed by atoms with E-state index in [1.807, 2.05) is 47.8 Å². The van der Waals surface area contributed by atoms with Gasteiger partial charge in [0, 0.05) is 10.3 Å². The number of carbonyl (C=O) groups excluding carboxylic acids is 2. The Bertz CT molecular complexity index is 1600. The first-order chi connectivity index (χ1) is 20.6. The number of carbonyl (C=O) groups is 2. The van der Waals surface area contributed by atoms with E-state index in [-0.39, 0.29) is 0 Å². The van der Waals surface area contributed by atoms with Crippen molar-refractivity contribution in [2.45, 2.75) is 37.3 Å². The number of urea groups is 1. The van der Waals surface area contributed by atoms with Crippen molar-refractivity contribution < 1.29 is 19.1 Å². The number of aliphatic hydroxyl groups is 1. The van der Waals surface area contributed by atoms with Gasteiger partial charge < -0.3 is 14.8 Å². The summed E-state index contributed by atoms with van der Waals surface area (Å²) in [7, 11) is 0. The van der Waals surface area contributed by atoms with Crippen LogP contribution in [0.5, 0.6) is 0 Å². The second kappa shape index (κ2) is 12.1. The number of fused-ring (bicyclic) bond motifs is 1. The number of rotatable bonds is 7. The lowest BCUT2D eigenvalue weighted by Crippen LogP contribution is -2.56. The molecule has 0 spiro atoms. The largest absolute Gasteiger partial charge is 0.467 e. The van der Waals surface area contributed by atoms with Gasteiger partial charge in [-0.1, -0.05) is 91.0 Å². The molecule has 3 aromatic carbocycles. The summed E-state index contributed by atoms with van der Waals surface area (Å²) in [6.07, 6.45) is 5.62. The number of benzene rings is 3. The van der Waals surface area contributed by atoms with Crippen molar-refractivity contribution in [3.63, 3.8) is 0 Å². The van der Waals surface area contributed by atoms with Crippen LogP contribution in [0.4, 0.5) is 10.5 Å². The fourth-order valence-electron chi connectivity index (χ4n) is 5.51. The second-order valence-corrected chi connectivity index (χ2v) is 11.2. The molecule has 2 aromatic heterocycles. The van der Waals surface area contributed by atoms with Crippen LogP contribution < -0.4 is 10.7 Å². The summed E-state index contributed by atoms with van der Waals surface area (Å²) in [6.45, 7) is 0. The highest BCUT2D eigenvalue weighted by molar-refractivity contribution is 7.10. The monoisotopic (exact) mass is 577 g/mol. The number of amides is 3. The predicted molar refractivity (Wildman–Crippen MR) is 163 cm³/mol. The van der Waals surface area contributed by atoms with Gasteiger partial charge in [-0.2, -0.15) is 0 Å². The molecule has 1 aliphatic carbocycles. The number of hydrogen-bond donors (Lipinski definition) is 3. The van der Waals surface area contributed by atoms with Crippen LogP contribution in [0.15, 0.2) is 119 Å². The first kappa shape index (κ1) is 27.5. The average Bonchev–Trinajstić information content (AvgIpc) is 3.72. The lowest BCUT2D eigenvalue weighted by atomic mass is 9.85. The lowest BCUT2D eigenvalue weighted by Gasteiger charge is -2.35. The molecule has 1 aliphatic rings. The van der Waals surface area contributed by atoms with E-state index in [1.165, 1.54) is 16.1 Å². The van der Waals surface area contributed by atoms with Gasteiger partial charge in [0.15, 0.2) is 5.60 Å². The van der Waals surface area contributed by atoms with Crippen molar-refractivity contribution in [1.29, 1.82) is 0 Å². The van der Waals surface area contributed by atoms with E-state index < -0.39 is 23.6 Å². The van der Waals surface area contributed by atoms with Crippen molar-refractivity contribution in [3.8, 4) is 0 Å². The molecule has 1 atom stereocenters. The Morgan fingerprint density at radius 2 is 1.45 bits per heavy atom. The van der Waals surface area contributed by atoms with Crippen LogP contribution >= 0.6 is 11.3 Å². The summed E-state index contributed by atoms with van der Waals surface area (Å²) in [5, 5.41) is 18.4. The molecule has 8 heteroatoms. The molecule has 0 bridgehead atoms. The van der Waals surface area contributed by atoms with Crippen LogP contribution in [0.2, 0.25) is 0 Å². The topological polar surface area (TPSA) is 94.8 Å². The molecular weight excluding hydrogens is 546 g/mol. The van der Waals surface area contributed by atoms with Crippen molar-refractivity contribution in [3.05, 3.63) is 148 Å². The molecular formula is C34H31N3O4S. The standard InChI is InChI=1S/C34H31N3O4S/c38-32(34(40,25-15-6-2-7-16-25)26-17-8-3-9-18-26)36-37(31(29-20-12-22-41-29)24-13-4-1-5-14-24)33(39)35-28-23-42-30-21-11-10-19-27(28)30/h1-9,12-18,20,22-23,31,40H,10-11,19,21H2,(H,35,39)(H,36,38)/t31-/m0/s1. The molecule has 0 saturated carbocycles. The number of hydrazine groups is 1. The third-order valence-corrected chi connectivity index (χ3v) is 8.73. The molecule has 0 unspecified atom stereocenters. The Morgan fingerprint density at radius 3 is 2.07 bits per heavy atom. The summed E-state index contributed by atoms with van der Waals surface area (Å²) in [5.74, 6) is -0.332. The van der Waals surface area contributed by atoms with E-state index in [0.717, 1.165) is 42.5 Å². The fourth-order valence-corrected chi connectivity index (χ4v) is 6.59. The molecule has 42 heavy (non-hydrogen) atoms. The third kappa shape index (κ3) is 5.34. The zero-order valence-electron chi connectivity index (χ0n) is 22.9. The second-order valence-electron chi connectivity index (χ2n) is 10.3. The van der Waals surface area contributed by atoms with Crippen molar-refractivity contribution in [1.82, 2.24) is 10.4 Å². The number of nitrogens with zero attached hydrogens (tertiary/aromatic N) is 1. The summed E-state index contributed by atoms with van der Waals surface area (Å²) < 4.78 is 5.81. The van der Waals surface area contributed by atoms with Crippen LogP contribution in [0.3, 0.4) is 0 Å². The smallest absolute Gasteiger partial charge is 0.341 e. The molecule has 0 saturated heterocycles. The molecule has 212 valence electrons. The van der Waals surface area contributed by atoms with Gasteiger partial charge in [-0.3, -0.25) is 10.2 Å². The molecule has 0 aliphatic heterocycles. The highest BCUT2D eigenvalue weighted by atomic mass is 32.1. The van der Waals surface area contributed by atoms with Gasteiger partial charge in [-0.25, -0.2) is 9.80 Å². The Kier molecular flexibility index (Phi) is 7.90. The van der Waals surface area contributed by atoms with Gasteiger partial charge in [0.05, 0.1) is 12.0 Å². The number of nitrogens with one attached hydrogen (secondary N) is 2. The van der Waals surface area contributed by atoms with Crippen molar-refractivity contribution in [2.75, 3.05) is 5.32 Å². The third-order valence-electron chi connectivity index (χ3n) is 7.64. The van der Waals surface area contributed by atoms with Crippen LogP contribution in [0.25, 0.3) is 0 Å². The Hall–Kier alpha value is -4.66. The molecule has 3 N–H and O–H groups in total. The number of thiophene rings is 1. The van der Waals surface area contributed by atoms with Gasteiger partial charge in [0.2, 0.25) is 0 Å². The van der Waals surface area contributed by atoms with Crippen LogP contribution in [0.1, 0.15) is 51.8 Å². The van der Waals surface area contributed by atoms with E-state index >= 15 is 0 Å². The van der Waals surface area contributed by atoms with E-state index in [2.05, 4.69) is 10.7 Å². The van der Waals surface area contributed by atoms with Gasteiger partial charge in [0.1, 0.15) is 11.8 Å². The zero-order valence-corrected chi connectivity index (χ0v) is 23.7. The molecule has 3 amide bonds. The SMILES string of the molecule is O=C(Nc1csc2c1CCCC2)N(NC(=O)C(O)(c1ccccc1)c1ccccc1)[C@@H](c1ccccc1)c1ccco1. The van der Waals surface area contributed by atoms with Crippen LogP contribution in [0, 0.1) is 0 Å². The van der Waals surface area contributed by atoms with Crippen LogP contribution in [-0.2, 0) is 23.2 Å². The first-order valence-electron chi connectivity index (χ1n) is 14.0. The summed E-state index contributed by atoms with van der Waals surface area (Å²) in [5.41, 5.74) is 4.07. The van der Waals surface area contributed by atoms with E-state index in [1.54, 1.807) is 72.0 Å².